The maximum atomic E-state index is 11.6. The molecular formula is C13H24N4O3. The Hall–Kier alpha value is -1.47. The zero-order valence-corrected chi connectivity index (χ0v) is 12.6. The van der Waals surface area contributed by atoms with Gasteiger partial charge in [-0.05, 0) is 27.7 Å². The van der Waals surface area contributed by atoms with E-state index < -0.39 is 6.29 Å². The van der Waals surface area contributed by atoms with Crippen molar-refractivity contribution in [3.05, 3.63) is 11.9 Å². The van der Waals surface area contributed by atoms with Crippen LogP contribution in [0.5, 0.6) is 0 Å². The molecule has 0 saturated carbocycles. The molecule has 20 heavy (non-hydrogen) atoms. The topological polar surface area (TPSA) is 78.3 Å². The van der Waals surface area contributed by atoms with E-state index in [9.17, 15) is 4.79 Å². The highest BCUT2D eigenvalue weighted by Gasteiger charge is 2.15. The summed E-state index contributed by atoms with van der Waals surface area (Å²) >= 11 is 0. The average Bonchev–Trinajstić information content (AvgIpc) is 2.84. The molecule has 114 valence electrons. The molecule has 0 spiro atoms. The largest absolute Gasteiger partial charge is 0.354 e. The molecule has 0 unspecified atom stereocenters. The Bertz CT molecular complexity index is 400. The first-order valence-electron chi connectivity index (χ1n) is 6.99. The molecular weight excluding hydrogens is 260 g/mol. The second kappa shape index (κ2) is 8.65. The van der Waals surface area contributed by atoms with Crippen molar-refractivity contribution >= 4 is 5.91 Å². The van der Waals surface area contributed by atoms with Crippen molar-refractivity contribution in [2.45, 2.75) is 53.0 Å². The summed E-state index contributed by atoms with van der Waals surface area (Å²) in [6.45, 7) is 9.21. The quantitative estimate of drug-likeness (QED) is 0.691. The molecule has 0 atom stereocenters. The van der Waals surface area contributed by atoms with E-state index in [1.165, 1.54) is 0 Å². The molecule has 1 aromatic heterocycles. The lowest BCUT2D eigenvalue weighted by Crippen LogP contribution is -2.30. The van der Waals surface area contributed by atoms with Crippen LogP contribution in [0.3, 0.4) is 0 Å². The van der Waals surface area contributed by atoms with Crippen LogP contribution in [0, 0.1) is 0 Å². The van der Waals surface area contributed by atoms with E-state index in [4.69, 9.17) is 9.47 Å². The van der Waals surface area contributed by atoms with Crippen molar-refractivity contribution in [3.63, 3.8) is 0 Å². The summed E-state index contributed by atoms with van der Waals surface area (Å²) in [7, 11) is 0. The van der Waals surface area contributed by atoms with Crippen LogP contribution in [0.15, 0.2) is 6.20 Å². The molecule has 1 amide bonds. The number of aromatic nitrogens is 3. The number of carbonyl (C=O) groups is 1. The fourth-order valence-corrected chi connectivity index (χ4v) is 1.66. The smallest absolute Gasteiger partial charge is 0.222 e. The maximum absolute atomic E-state index is 11.6. The summed E-state index contributed by atoms with van der Waals surface area (Å²) in [5, 5.41) is 10.8. The van der Waals surface area contributed by atoms with Crippen molar-refractivity contribution in [1.29, 1.82) is 0 Å². The van der Waals surface area contributed by atoms with Crippen LogP contribution in [0.4, 0.5) is 0 Å². The Labute approximate surface area is 119 Å². The third-order valence-corrected chi connectivity index (χ3v) is 2.45. The summed E-state index contributed by atoms with van der Waals surface area (Å²) in [6.07, 6.45) is 1.62. The first-order chi connectivity index (χ1) is 9.56. The highest BCUT2D eigenvalue weighted by Crippen LogP contribution is 2.15. The van der Waals surface area contributed by atoms with Crippen LogP contribution < -0.4 is 5.32 Å². The van der Waals surface area contributed by atoms with Gasteiger partial charge in [0.15, 0.2) is 0 Å². The molecule has 0 aliphatic heterocycles. The number of amides is 1. The average molecular weight is 284 g/mol. The van der Waals surface area contributed by atoms with E-state index in [1.807, 2.05) is 27.7 Å². The van der Waals surface area contributed by atoms with Crippen molar-refractivity contribution in [2.75, 3.05) is 13.2 Å². The van der Waals surface area contributed by atoms with Crippen LogP contribution in [-0.4, -0.2) is 40.2 Å². The number of nitrogens with one attached hydrogen (secondary N) is 1. The lowest BCUT2D eigenvalue weighted by molar-refractivity contribution is -0.142. The lowest BCUT2D eigenvalue weighted by atomic mass is 10.3. The second-order valence-corrected chi connectivity index (χ2v) is 4.62. The molecule has 0 aromatic carbocycles. The van der Waals surface area contributed by atoms with Gasteiger partial charge in [0.25, 0.3) is 0 Å². The molecule has 0 radical (unpaired) electrons. The highest BCUT2D eigenvalue weighted by atomic mass is 16.7. The fourth-order valence-electron chi connectivity index (χ4n) is 1.66. The summed E-state index contributed by atoms with van der Waals surface area (Å²) < 4.78 is 12.5. The second-order valence-electron chi connectivity index (χ2n) is 4.62. The monoisotopic (exact) mass is 284 g/mol. The van der Waals surface area contributed by atoms with Gasteiger partial charge in [-0.1, -0.05) is 5.21 Å². The first kappa shape index (κ1) is 16.6. The molecule has 0 aliphatic rings. The highest BCUT2D eigenvalue weighted by molar-refractivity contribution is 5.76. The fraction of sp³-hybridized carbons (Fsp3) is 0.769. The van der Waals surface area contributed by atoms with Crippen LogP contribution in [0.2, 0.25) is 0 Å². The van der Waals surface area contributed by atoms with Gasteiger partial charge in [0.1, 0.15) is 5.69 Å². The van der Waals surface area contributed by atoms with Crippen LogP contribution in [0.1, 0.15) is 46.1 Å². The molecule has 7 heteroatoms. The van der Waals surface area contributed by atoms with Crippen LogP contribution in [-0.2, 0) is 20.8 Å². The molecule has 1 heterocycles. The van der Waals surface area contributed by atoms with E-state index in [0.717, 1.165) is 0 Å². The number of hydrogen-bond acceptors (Lipinski definition) is 5. The van der Waals surface area contributed by atoms with Crippen molar-refractivity contribution < 1.29 is 14.3 Å². The van der Waals surface area contributed by atoms with E-state index in [0.29, 0.717) is 31.9 Å². The van der Waals surface area contributed by atoms with Gasteiger partial charge in [-0.15, -0.1) is 5.10 Å². The predicted molar refractivity (Wildman–Crippen MR) is 73.9 cm³/mol. The third-order valence-electron chi connectivity index (χ3n) is 2.45. The predicted octanol–water partition coefficient (Wildman–Crippen LogP) is 1.26. The molecule has 1 aromatic rings. The zero-order valence-electron chi connectivity index (χ0n) is 12.6. The Balaban J connectivity index is 2.51. The van der Waals surface area contributed by atoms with Crippen molar-refractivity contribution in [1.82, 2.24) is 20.3 Å². The van der Waals surface area contributed by atoms with Crippen LogP contribution in [0.25, 0.3) is 0 Å². The van der Waals surface area contributed by atoms with E-state index >= 15 is 0 Å². The number of ether oxygens (including phenoxy) is 2. The Morgan fingerprint density at radius 2 is 2.00 bits per heavy atom. The normalized spacial score (nSPS) is 11.3. The van der Waals surface area contributed by atoms with Crippen LogP contribution >= 0.6 is 0 Å². The minimum atomic E-state index is -0.497. The molecule has 1 N–H and O–H groups in total. The summed E-state index contributed by atoms with van der Waals surface area (Å²) in [4.78, 5) is 11.6. The number of aryl methyl sites for hydroxylation is 1. The standard InChI is InChI=1S/C13H24N4O3/c1-5-19-13(20-6-2)11-9-17(16-15-11)8-7-12(18)14-10(3)4/h9-10,13H,5-8H2,1-4H3,(H,14,18). The third kappa shape index (κ3) is 5.66. The Morgan fingerprint density at radius 3 is 2.55 bits per heavy atom. The SMILES string of the molecule is CCOC(OCC)c1cn(CCC(=O)NC(C)C)nn1. The summed E-state index contributed by atoms with van der Waals surface area (Å²) in [6, 6.07) is 0.147. The molecule has 0 bridgehead atoms. The lowest BCUT2D eigenvalue weighted by Gasteiger charge is -2.13. The molecule has 0 aliphatic carbocycles. The van der Waals surface area contributed by atoms with E-state index in [-0.39, 0.29) is 11.9 Å². The van der Waals surface area contributed by atoms with Gasteiger partial charge >= 0.3 is 0 Å². The number of nitrogens with zero attached hydrogens (tertiary/aromatic N) is 3. The maximum Gasteiger partial charge on any atom is 0.222 e. The first-order valence-corrected chi connectivity index (χ1v) is 6.99. The molecule has 0 saturated heterocycles. The molecule has 1 rings (SSSR count). The molecule has 7 nitrogen and oxygen atoms in total. The zero-order chi connectivity index (χ0) is 15.0. The van der Waals surface area contributed by atoms with Gasteiger partial charge in [-0.25, -0.2) is 0 Å². The number of carbonyl (C=O) groups excluding carboxylic acids is 1. The van der Waals surface area contributed by atoms with Crippen molar-refractivity contribution in [2.24, 2.45) is 0 Å². The number of hydrogen-bond donors (Lipinski definition) is 1. The minimum absolute atomic E-state index is 0.00298. The Morgan fingerprint density at radius 1 is 1.35 bits per heavy atom. The van der Waals surface area contributed by atoms with Gasteiger partial charge in [-0.3, -0.25) is 9.48 Å². The van der Waals surface area contributed by atoms with Gasteiger partial charge in [0, 0.05) is 25.7 Å². The molecule has 0 fully saturated rings. The van der Waals surface area contributed by atoms with Crippen molar-refractivity contribution in [3.8, 4) is 0 Å². The van der Waals surface area contributed by atoms with Gasteiger partial charge in [0.2, 0.25) is 12.2 Å². The van der Waals surface area contributed by atoms with Gasteiger partial charge in [0.05, 0.1) is 12.7 Å². The number of rotatable bonds is 9. The summed E-state index contributed by atoms with van der Waals surface area (Å²) in [5.74, 6) is 0.00298. The van der Waals surface area contributed by atoms with E-state index in [1.54, 1.807) is 10.9 Å². The Kier molecular flexibility index (Phi) is 7.17. The van der Waals surface area contributed by atoms with E-state index in [2.05, 4.69) is 15.6 Å². The van der Waals surface area contributed by atoms with Gasteiger partial charge in [-0.2, -0.15) is 0 Å². The minimum Gasteiger partial charge on any atom is -0.354 e. The van der Waals surface area contributed by atoms with Gasteiger partial charge < -0.3 is 14.8 Å². The summed E-state index contributed by atoms with van der Waals surface area (Å²) in [5.41, 5.74) is 0.623.